The average Bonchev–Trinajstić information content (AvgIpc) is 2.24. The van der Waals surface area contributed by atoms with Crippen LogP contribution >= 0.6 is 0 Å². The fourth-order valence-electron chi connectivity index (χ4n) is 1.77. The second kappa shape index (κ2) is 6.28. The van der Waals surface area contributed by atoms with E-state index >= 15 is 0 Å². The van der Waals surface area contributed by atoms with E-state index in [4.69, 9.17) is 10.2 Å². The lowest BCUT2D eigenvalue weighted by Gasteiger charge is -2.11. The molecule has 0 aliphatic rings. The Morgan fingerprint density at radius 1 is 1.44 bits per heavy atom. The van der Waals surface area contributed by atoms with Gasteiger partial charge in [-0.2, -0.15) is 0 Å². The molecular formula is C13H18O3. The summed E-state index contributed by atoms with van der Waals surface area (Å²) in [6, 6.07) is 7.89. The third kappa shape index (κ3) is 4.03. The standard InChI is InChI=1S/C13H18O3/c1-10-4-2-5-11(8-10)9-12(13(15)16)6-3-7-14/h2,4-5,8,12,14H,3,6-7,9H2,1H3,(H,15,16). The monoisotopic (exact) mass is 222 g/mol. The average molecular weight is 222 g/mol. The molecule has 0 aromatic heterocycles. The van der Waals surface area contributed by atoms with Crippen LogP contribution in [-0.4, -0.2) is 22.8 Å². The van der Waals surface area contributed by atoms with E-state index in [0.717, 1.165) is 11.1 Å². The smallest absolute Gasteiger partial charge is 0.306 e. The van der Waals surface area contributed by atoms with E-state index in [1.165, 1.54) is 0 Å². The molecule has 88 valence electrons. The molecular weight excluding hydrogens is 204 g/mol. The molecule has 0 saturated carbocycles. The minimum atomic E-state index is -0.782. The number of hydrogen-bond donors (Lipinski definition) is 2. The first-order valence-electron chi connectivity index (χ1n) is 5.52. The molecule has 1 aromatic rings. The Morgan fingerprint density at radius 3 is 2.75 bits per heavy atom. The van der Waals surface area contributed by atoms with Crippen molar-refractivity contribution in [1.29, 1.82) is 0 Å². The lowest BCUT2D eigenvalue weighted by atomic mass is 9.94. The third-order valence-corrected chi connectivity index (χ3v) is 2.62. The first kappa shape index (κ1) is 12.7. The summed E-state index contributed by atoms with van der Waals surface area (Å²) in [7, 11) is 0. The summed E-state index contributed by atoms with van der Waals surface area (Å²) < 4.78 is 0. The van der Waals surface area contributed by atoms with Gasteiger partial charge in [-0.3, -0.25) is 4.79 Å². The van der Waals surface area contributed by atoms with Crippen LogP contribution in [0.1, 0.15) is 24.0 Å². The molecule has 0 bridgehead atoms. The molecule has 0 heterocycles. The van der Waals surface area contributed by atoms with Crippen LogP contribution < -0.4 is 0 Å². The van der Waals surface area contributed by atoms with Gasteiger partial charge in [-0.25, -0.2) is 0 Å². The third-order valence-electron chi connectivity index (χ3n) is 2.62. The van der Waals surface area contributed by atoms with Gasteiger partial charge in [0.2, 0.25) is 0 Å². The predicted octanol–water partition coefficient (Wildman–Crippen LogP) is 2.01. The van der Waals surface area contributed by atoms with Gasteiger partial charge in [0.15, 0.2) is 0 Å². The van der Waals surface area contributed by atoms with Gasteiger partial charge in [0.1, 0.15) is 0 Å². The maximum Gasteiger partial charge on any atom is 0.306 e. The van der Waals surface area contributed by atoms with Crippen molar-refractivity contribution in [2.24, 2.45) is 5.92 Å². The minimum absolute atomic E-state index is 0.0532. The zero-order valence-electron chi connectivity index (χ0n) is 9.52. The number of carboxylic acid groups (broad SMARTS) is 1. The van der Waals surface area contributed by atoms with E-state index in [1.54, 1.807) is 0 Å². The fourth-order valence-corrected chi connectivity index (χ4v) is 1.77. The molecule has 1 atom stereocenters. The van der Waals surface area contributed by atoms with Gasteiger partial charge in [0.05, 0.1) is 5.92 Å². The molecule has 16 heavy (non-hydrogen) atoms. The van der Waals surface area contributed by atoms with Crippen molar-refractivity contribution in [2.75, 3.05) is 6.61 Å². The van der Waals surface area contributed by atoms with Gasteiger partial charge in [0, 0.05) is 6.61 Å². The second-order valence-corrected chi connectivity index (χ2v) is 4.09. The SMILES string of the molecule is Cc1cccc(CC(CCCO)C(=O)O)c1. The molecule has 0 aliphatic heterocycles. The summed E-state index contributed by atoms with van der Waals surface area (Å²) >= 11 is 0. The van der Waals surface area contributed by atoms with Gasteiger partial charge in [-0.15, -0.1) is 0 Å². The van der Waals surface area contributed by atoms with Crippen LogP contribution in [0.25, 0.3) is 0 Å². The number of benzene rings is 1. The maximum atomic E-state index is 11.0. The molecule has 1 aromatic carbocycles. The lowest BCUT2D eigenvalue weighted by molar-refractivity contribution is -0.142. The Bertz CT molecular complexity index is 347. The van der Waals surface area contributed by atoms with Crippen molar-refractivity contribution >= 4 is 5.97 Å². The Morgan fingerprint density at radius 2 is 2.19 bits per heavy atom. The minimum Gasteiger partial charge on any atom is -0.481 e. The first-order chi connectivity index (χ1) is 7.63. The van der Waals surface area contributed by atoms with Crippen molar-refractivity contribution < 1.29 is 15.0 Å². The van der Waals surface area contributed by atoms with Crippen LogP contribution in [0.3, 0.4) is 0 Å². The van der Waals surface area contributed by atoms with Crippen molar-refractivity contribution in [2.45, 2.75) is 26.2 Å². The Hall–Kier alpha value is -1.35. The zero-order valence-corrected chi connectivity index (χ0v) is 9.52. The van der Waals surface area contributed by atoms with E-state index in [9.17, 15) is 4.79 Å². The van der Waals surface area contributed by atoms with E-state index in [1.807, 2.05) is 31.2 Å². The molecule has 0 radical (unpaired) electrons. The molecule has 0 saturated heterocycles. The van der Waals surface area contributed by atoms with Crippen molar-refractivity contribution in [1.82, 2.24) is 0 Å². The summed E-state index contributed by atoms with van der Waals surface area (Å²) in [6.45, 7) is 2.05. The highest BCUT2D eigenvalue weighted by atomic mass is 16.4. The lowest BCUT2D eigenvalue weighted by Crippen LogP contribution is -2.17. The fraction of sp³-hybridized carbons (Fsp3) is 0.462. The van der Waals surface area contributed by atoms with Crippen LogP contribution in [0.15, 0.2) is 24.3 Å². The van der Waals surface area contributed by atoms with E-state index < -0.39 is 11.9 Å². The van der Waals surface area contributed by atoms with Gasteiger partial charge in [-0.05, 0) is 31.7 Å². The summed E-state index contributed by atoms with van der Waals surface area (Å²) in [4.78, 5) is 11.0. The molecule has 0 aliphatic carbocycles. The predicted molar refractivity (Wildman–Crippen MR) is 62.3 cm³/mol. The van der Waals surface area contributed by atoms with Crippen LogP contribution in [0.5, 0.6) is 0 Å². The highest BCUT2D eigenvalue weighted by Gasteiger charge is 2.17. The highest BCUT2D eigenvalue weighted by Crippen LogP contribution is 2.15. The quantitative estimate of drug-likeness (QED) is 0.774. The van der Waals surface area contributed by atoms with Gasteiger partial charge in [-0.1, -0.05) is 29.8 Å². The van der Waals surface area contributed by atoms with Gasteiger partial charge < -0.3 is 10.2 Å². The zero-order chi connectivity index (χ0) is 12.0. The topological polar surface area (TPSA) is 57.5 Å². The largest absolute Gasteiger partial charge is 0.481 e. The molecule has 0 fully saturated rings. The highest BCUT2D eigenvalue weighted by molar-refractivity contribution is 5.70. The number of aliphatic carboxylic acids is 1. The number of aliphatic hydroxyl groups excluding tert-OH is 1. The molecule has 1 rings (SSSR count). The Labute approximate surface area is 95.7 Å². The number of hydrogen-bond acceptors (Lipinski definition) is 2. The van der Waals surface area contributed by atoms with Crippen molar-refractivity contribution in [3.63, 3.8) is 0 Å². The maximum absolute atomic E-state index is 11.0. The molecule has 1 unspecified atom stereocenters. The Kier molecular flexibility index (Phi) is 4.99. The van der Waals surface area contributed by atoms with E-state index in [2.05, 4.69) is 0 Å². The molecule has 3 heteroatoms. The van der Waals surface area contributed by atoms with E-state index in [0.29, 0.717) is 19.3 Å². The number of rotatable bonds is 6. The number of aryl methyl sites for hydroxylation is 1. The summed E-state index contributed by atoms with van der Waals surface area (Å²) in [5.74, 6) is -1.18. The summed E-state index contributed by atoms with van der Waals surface area (Å²) in [5, 5.41) is 17.8. The normalized spacial score (nSPS) is 12.4. The molecule has 0 spiro atoms. The molecule has 2 N–H and O–H groups in total. The van der Waals surface area contributed by atoms with Crippen LogP contribution in [0, 0.1) is 12.8 Å². The number of aliphatic hydroxyl groups is 1. The molecule has 3 nitrogen and oxygen atoms in total. The van der Waals surface area contributed by atoms with E-state index in [-0.39, 0.29) is 6.61 Å². The van der Waals surface area contributed by atoms with Gasteiger partial charge in [0.25, 0.3) is 0 Å². The van der Waals surface area contributed by atoms with Crippen LogP contribution in [0.2, 0.25) is 0 Å². The van der Waals surface area contributed by atoms with Crippen LogP contribution in [0.4, 0.5) is 0 Å². The van der Waals surface area contributed by atoms with Crippen LogP contribution in [-0.2, 0) is 11.2 Å². The summed E-state index contributed by atoms with van der Waals surface area (Å²) in [6.07, 6.45) is 1.61. The second-order valence-electron chi connectivity index (χ2n) is 4.09. The van der Waals surface area contributed by atoms with Crippen molar-refractivity contribution in [3.05, 3.63) is 35.4 Å². The number of carbonyl (C=O) groups is 1. The Balaban J connectivity index is 2.64. The van der Waals surface area contributed by atoms with Crippen molar-refractivity contribution in [3.8, 4) is 0 Å². The molecule has 0 amide bonds. The number of carboxylic acids is 1. The first-order valence-corrected chi connectivity index (χ1v) is 5.52. The summed E-state index contributed by atoms with van der Waals surface area (Å²) in [5.41, 5.74) is 2.19. The van der Waals surface area contributed by atoms with Gasteiger partial charge >= 0.3 is 5.97 Å².